The number of rotatable bonds is 2. The van der Waals surface area contributed by atoms with Crippen molar-refractivity contribution in [1.29, 1.82) is 5.26 Å². The van der Waals surface area contributed by atoms with Crippen molar-refractivity contribution in [3.05, 3.63) is 47.2 Å². The molecule has 3 nitrogen and oxygen atoms in total. The van der Waals surface area contributed by atoms with E-state index in [0.717, 1.165) is 19.3 Å². The molecular weight excluding hydrogens is 286 g/mol. The Morgan fingerprint density at radius 3 is 2.61 bits per heavy atom. The molecule has 0 aromatic heterocycles. The van der Waals surface area contributed by atoms with E-state index in [9.17, 15) is 10.4 Å². The molecule has 3 atom stereocenters. The summed E-state index contributed by atoms with van der Waals surface area (Å²) in [6.07, 6.45) is 3.65. The number of aliphatic hydroxyl groups excluding tert-OH is 1. The third kappa shape index (κ3) is 2.77. The highest BCUT2D eigenvalue weighted by atomic mass is 16.5. The Kier molecular flexibility index (Phi) is 3.98. The van der Waals surface area contributed by atoms with Crippen LogP contribution in [0.3, 0.4) is 0 Å². The van der Waals surface area contributed by atoms with Crippen molar-refractivity contribution >= 4 is 0 Å². The Morgan fingerprint density at radius 2 is 1.96 bits per heavy atom. The van der Waals surface area contributed by atoms with Crippen molar-refractivity contribution in [2.24, 2.45) is 10.8 Å². The second kappa shape index (κ2) is 5.69. The van der Waals surface area contributed by atoms with Gasteiger partial charge in [0.2, 0.25) is 0 Å². The first-order chi connectivity index (χ1) is 10.9. The highest BCUT2D eigenvalue weighted by Gasteiger charge is 2.54. The summed E-state index contributed by atoms with van der Waals surface area (Å²) in [5.74, 6) is 0.211. The van der Waals surface area contributed by atoms with Gasteiger partial charge in [0.1, 0.15) is 5.76 Å². The average Bonchev–Trinajstić information content (AvgIpc) is 2.54. The van der Waals surface area contributed by atoms with E-state index in [4.69, 9.17) is 4.74 Å². The SMILES string of the molecule is CC12CC[C@H](Cc3ccccc3)O[C@H]1C(C)(C)C(O)=C(C#N)C2. The molecule has 1 aromatic rings. The van der Waals surface area contributed by atoms with E-state index < -0.39 is 5.41 Å². The molecule has 1 aromatic carbocycles. The lowest BCUT2D eigenvalue weighted by Crippen LogP contribution is -2.54. The van der Waals surface area contributed by atoms with Gasteiger partial charge in [0.25, 0.3) is 0 Å². The van der Waals surface area contributed by atoms with Crippen LogP contribution in [0.4, 0.5) is 0 Å². The minimum absolute atomic E-state index is 0.0606. The molecule has 1 saturated heterocycles. The van der Waals surface area contributed by atoms with Gasteiger partial charge in [-0.15, -0.1) is 0 Å². The minimum atomic E-state index is -0.520. The highest BCUT2D eigenvalue weighted by molar-refractivity contribution is 5.34. The summed E-state index contributed by atoms with van der Waals surface area (Å²) in [5.41, 5.74) is 1.22. The molecule has 0 amide bonds. The second-order valence-electron chi connectivity index (χ2n) is 7.86. The van der Waals surface area contributed by atoms with Gasteiger partial charge in [-0.25, -0.2) is 0 Å². The molecule has 1 N–H and O–H groups in total. The van der Waals surface area contributed by atoms with E-state index in [2.05, 4.69) is 37.3 Å². The molecule has 0 spiro atoms. The number of aliphatic hydroxyl groups is 1. The molecule has 1 aliphatic heterocycles. The average molecular weight is 311 g/mol. The van der Waals surface area contributed by atoms with Gasteiger partial charge in [-0.1, -0.05) is 51.1 Å². The molecule has 23 heavy (non-hydrogen) atoms. The Balaban J connectivity index is 1.84. The summed E-state index contributed by atoms with van der Waals surface area (Å²) in [7, 11) is 0. The van der Waals surface area contributed by atoms with Gasteiger partial charge in [0.05, 0.1) is 23.9 Å². The third-order valence-corrected chi connectivity index (χ3v) is 5.57. The number of allylic oxidation sites excluding steroid dienone is 1. The maximum Gasteiger partial charge on any atom is 0.114 e. The molecule has 3 rings (SSSR count). The zero-order chi connectivity index (χ0) is 16.7. The Morgan fingerprint density at radius 1 is 1.26 bits per heavy atom. The normalized spacial score (nSPS) is 33.0. The maximum absolute atomic E-state index is 10.5. The predicted octanol–water partition coefficient (Wildman–Crippen LogP) is 4.55. The van der Waals surface area contributed by atoms with Crippen LogP contribution in [0.15, 0.2) is 41.7 Å². The number of nitrogens with zero attached hydrogens (tertiary/aromatic N) is 1. The van der Waals surface area contributed by atoms with Gasteiger partial charge >= 0.3 is 0 Å². The number of benzene rings is 1. The lowest BCUT2D eigenvalue weighted by molar-refractivity contribution is -0.175. The monoisotopic (exact) mass is 311 g/mol. The van der Waals surface area contributed by atoms with E-state index in [0.29, 0.717) is 12.0 Å². The van der Waals surface area contributed by atoms with Crippen molar-refractivity contribution < 1.29 is 9.84 Å². The second-order valence-corrected chi connectivity index (χ2v) is 7.86. The Bertz CT molecular complexity index is 656. The van der Waals surface area contributed by atoms with Crippen molar-refractivity contribution in [2.75, 3.05) is 0 Å². The van der Waals surface area contributed by atoms with Crippen LogP contribution in [0, 0.1) is 22.2 Å². The number of ether oxygens (including phenoxy) is 1. The third-order valence-electron chi connectivity index (χ3n) is 5.57. The van der Waals surface area contributed by atoms with E-state index in [-0.39, 0.29) is 23.4 Å². The minimum Gasteiger partial charge on any atom is -0.511 e. The van der Waals surface area contributed by atoms with E-state index >= 15 is 0 Å². The largest absolute Gasteiger partial charge is 0.511 e. The van der Waals surface area contributed by atoms with Crippen molar-refractivity contribution in [3.8, 4) is 6.07 Å². The summed E-state index contributed by atoms with van der Waals surface area (Å²) < 4.78 is 6.47. The smallest absolute Gasteiger partial charge is 0.114 e. The number of nitriles is 1. The van der Waals surface area contributed by atoms with Gasteiger partial charge < -0.3 is 9.84 Å². The van der Waals surface area contributed by atoms with Gasteiger partial charge in [-0.05, 0) is 36.7 Å². The highest BCUT2D eigenvalue weighted by Crippen LogP contribution is 2.54. The van der Waals surface area contributed by atoms with Crippen molar-refractivity contribution in [3.63, 3.8) is 0 Å². The van der Waals surface area contributed by atoms with Crippen LogP contribution in [0.1, 0.15) is 45.6 Å². The first kappa shape index (κ1) is 16.1. The van der Waals surface area contributed by atoms with E-state index in [1.165, 1.54) is 5.56 Å². The fourth-order valence-corrected chi connectivity index (χ4v) is 4.39. The molecule has 0 bridgehead atoms. The number of hydrogen-bond donors (Lipinski definition) is 1. The lowest BCUT2D eigenvalue weighted by atomic mass is 9.59. The Labute approximate surface area is 138 Å². The molecule has 2 aliphatic rings. The standard InChI is InChI=1S/C20H25NO2/c1-19(2)17(22)15(13-21)12-20(3)10-9-16(23-18(19)20)11-14-7-5-4-6-8-14/h4-8,16,18,22H,9-12H2,1-3H3/t16-,18+,20?/m1/s1. The fourth-order valence-electron chi connectivity index (χ4n) is 4.39. The summed E-state index contributed by atoms with van der Waals surface area (Å²) >= 11 is 0. The Hall–Kier alpha value is -1.79. The molecule has 1 unspecified atom stereocenters. The molecule has 3 heteroatoms. The van der Waals surface area contributed by atoms with Gasteiger partial charge in [0, 0.05) is 5.41 Å². The summed E-state index contributed by atoms with van der Waals surface area (Å²) in [4.78, 5) is 0. The van der Waals surface area contributed by atoms with Gasteiger partial charge in [-0.2, -0.15) is 5.26 Å². The molecular formula is C20H25NO2. The molecule has 0 radical (unpaired) electrons. The quantitative estimate of drug-likeness (QED) is 0.872. The van der Waals surface area contributed by atoms with Crippen LogP contribution in [-0.2, 0) is 11.2 Å². The van der Waals surface area contributed by atoms with E-state index in [1.807, 2.05) is 19.9 Å². The zero-order valence-corrected chi connectivity index (χ0v) is 14.2. The van der Waals surface area contributed by atoms with Crippen LogP contribution in [0.5, 0.6) is 0 Å². The molecule has 1 fully saturated rings. The molecule has 1 aliphatic carbocycles. The summed E-state index contributed by atoms with van der Waals surface area (Å²) in [6.45, 7) is 6.18. The van der Waals surface area contributed by atoms with Crippen molar-refractivity contribution in [1.82, 2.24) is 0 Å². The fraction of sp³-hybridized carbons (Fsp3) is 0.550. The molecule has 0 saturated carbocycles. The number of fused-ring (bicyclic) bond motifs is 1. The van der Waals surface area contributed by atoms with Crippen LogP contribution in [0.2, 0.25) is 0 Å². The lowest BCUT2D eigenvalue weighted by Gasteiger charge is -2.53. The first-order valence-electron chi connectivity index (χ1n) is 8.39. The number of hydrogen-bond acceptors (Lipinski definition) is 3. The zero-order valence-electron chi connectivity index (χ0n) is 14.2. The van der Waals surface area contributed by atoms with Gasteiger partial charge in [0.15, 0.2) is 0 Å². The topological polar surface area (TPSA) is 53.2 Å². The van der Waals surface area contributed by atoms with Crippen LogP contribution >= 0.6 is 0 Å². The molecule has 122 valence electrons. The van der Waals surface area contributed by atoms with Crippen LogP contribution in [0.25, 0.3) is 0 Å². The first-order valence-corrected chi connectivity index (χ1v) is 8.39. The summed E-state index contributed by atoms with van der Waals surface area (Å²) in [6, 6.07) is 12.6. The van der Waals surface area contributed by atoms with E-state index in [1.54, 1.807) is 0 Å². The predicted molar refractivity (Wildman–Crippen MR) is 89.8 cm³/mol. The van der Waals surface area contributed by atoms with Crippen molar-refractivity contribution in [2.45, 2.75) is 58.7 Å². The maximum atomic E-state index is 10.5. The van der Waals surface area contributed by atoms with Crippen LogP contribution in [-0.4, -0.2) is 17.3 Å². The van der Waals surface area contributed by atoms with Crippen LogP contribution < -0.4 is 0 Å². The van der Waals surface area contributed by atoms with Gasteiger partial charge in [-0.3, -0.25) is 0 Å². The molecule has 1 heterocycles. The summed E-state index contributed by atoms with van der Waals surface area (Å²) in [5, 5.41) is 19.8.